The molecule has 1 unspecified atom stereocenters. The van der Waals surface area contributed by atoms with Gasteiger partial charge in [-0.1, -0.05) is 0 Å². The minimum Gasteiger partial charge on any atom is -0.350 e. The van der Waals surface area contributed by atoms with E-state index >= 15 is 0 Å². The molecule has 3 rings (SSSR count). The number of likely N-dealkylation sites (N-methyl/N-ethyl adjacent to an activating group) is 1. The quantitative estimate of drug-likeness (QED) is 0.880. The zero-order valence-electron chi connectivity index (χ0n) is 10.8. The van der Waals surface area contributed by atoms with E-state index < -0.39 is 0 Å². The van der Waals surface area contributed by atoms with Crippen molar-refractivity contribution in [2.45, 2.75) is 19.5 Å². The maximum atomic E-state index is 5.91. The highest BCUT2D eigenvalue weighted by atomic mass is 32.1. The van der Waals surface area contributed by atoms with Crippen LogP contribution in [0.15, 0.2) is 11.6 Å². The molecule has 0 spiro atoms. The van der Waals surface area contributed by atoms with Gasteiger partial charge in [-0.15, -0.1) is 11.3 Å². The Morgan fingerprint density at radius 1 is 1.50 bits per heavy atom. The third kappa shape index (κ3) is 1.81. The predicted molar refractivity (Wildman–Crippen MR) is 75.3 cm³/mol. The monoisotopic (exact) mass is 265 g/mol. The molecule has 2 N–H and O–H groups in total. The Labute approximate surface area is 111 Å². The standard InChI is InChI=1S/C12H19N5S/c1-9-8-15(2)3-4-16(9)11-10(7-13)17-5-6-18-12(17)14-11/h5-6,9H,3-4,7-8,13H2,1-2H3. The summed E-state index contributed by atoms with van der Waals surface area (Å²) < 4.78 is 2.12. The molecule has 2 aromatic rings. The Balaban J connectivity index is 2.00. The molecule has 0 aliphatic carbocycles. The highest BCUT2D eigenvalue weighted by molar-refractivity contribution is 7.15. The summed E-state index contributed by atoms with van der Waals surface area (Å²) >= 11 is 1.66. The molecule has 5 nitrogen and oxygen atoms in total. The van der Waals surface area contributed by atoms with Crippen LogP contribution >= 0.6 is 11.3 Å². The summed E-state index contributed by atoms with van der Waals surface area (Å²) in [7, 11) is 2.17. The average molecular weight is 265 g/mol. The Morgan fingerprint density at radius 3 is 3.06 bits per heavy atom. The van der Waals surface area contributed by atoms with E-state index in [0.717, 1.165) is 36.1 Å². The maximum Gasteiger partial charge on any atom is 0.195 e. The van der Waals surface area contributed by atoms with Crippen LogP contribution in [0.25, 0.3) is 4.96 Å². The maximum absolute atomic E-state index is 5.91. The lowest BCUT2D eigenvalue weighted by atomic mass is 10.2. The Kier molecular flexibility index (Phi) is 3.01. The largest absolute Gasteiger partial charge is 0.350 e. The number of hydrogen-bond donors (Lipinski definition) is 1. The van der Waals surface area contributed by atoms with E-state index in [0.29, 0.717) is 12.6 Å². The van der Waals surface area contributed by atoms with Gasteiger partial charge >= 0.3 is 0 Å². The van der Waals surface area contributed by atoms with E-state index in [1.54, 1.807) is 11.3 Å². The van der Waals surface area contributed by atoms with E-state index in [1.807, 2.05) is 0 Å². The second-order valence-corrected chi connectivity index (χ2v) is 5.82. The van der Waals surface area contributed by atoms with Gasteiger partial charge in [0.25, 0.3) is 0 Å². The third-order valence-corrected chi connectivity index (χ3v) is 4.39. The molecule has 0 radical (unpaired) electrons. The van der Waals surface area contributed by atoms with E-state index in [9.17, 15) is 0 Å². The first kappa shape index (κ1) is 12.0. The first-order valence-corrected chi connectivity index (χ1v) is 7.18. The van der Waals surface area contributed by atoms with Gasteiger partial charge in [0.2, 0.25) is 0 Å². The first-order valence-electron chi connectivity index (χ1n) is 6.30. The van der Waals surface area contributed by atoms with Crippen LogP contribution in [0.1, 0.15) is 12.6 Å². The van der Waals surface area contributed by atoms with E-state index in [2.05, 4.69) is 39.7 Å². The summed E-state index contributed by atoms with van der Waals surface area (Å²) in [5.41, 5.74) is 7.03. The molecule has 3 heterocycles. The molecule has 1 atom stereocenters. The van der Waals surface area contributed by atoms with Gasteiger partial charge in [0.05, 0.1) is 5.69 Å². The molecule has 1 fully saturated rings. The van der Waals surface area contributed by atoms with Crippen LogP contribution in [-0.2, 0) is 6.54 Å². The number of nitrogens with two attached hydrogens (primary N) is 1. The summed E-state index contributed by atoms with van der Waals surface area (Å²) in [6.45, 7) is 5.97. The van der Waals surface area contributed by atoms with Gasteiger partial charge in [-0.25, -0.2) is 4.98 Å². The molecule has 0 bridgehead atoms. The Morgan fingerprint density at radius 2 is 2.33 bits per heavy atom. The van der Waals surface area contributed by atoms with Gasteiger partial charge in [-0.2, -0.15) is 0 Å². The Hall–Kier alpha value is -1.11. The van der Waals surface area contributed by atoms with Crippen LogP contribution in [0.5, 0.6) is 0 Å². The molecule has 98 valence electrons. The van der Waals surface area contributed by atoms with Gasteiger partial charge in [0, 0.05) is 43.8 Å². The number of thiazole rings is 1. The minimum absolute atomic E-state index is 0.485. The fourth-order valence-corrected chi connectivity index (χ4v) is 3.42. The van der Waals surface area contributed by atoms with Crippen LogP contribution in [0.2, 0.25) is 0 Å². The third-order valence-electron chi connectivity index (χ3n) is 3.64. The molecular weight excluding hydrogens is 246 g/mol. The number of hydrogen-bond acceptors (Lipinski definition) is 5. The zero-order valence-corrected chi connectivity index (χ0v) is 11.7. The van der Waals surface area contributed by atoms with E-state index in [4.69, 9.17) is 10.7 Å². The number of imidazole rings is 1. The topological polar surface area (TPSA) is 49.8 Å². The van der Waals surface area contributed by atoms with Crippen molar-refractivity contribution in [1.82, 2.24) is 14.3 Å². The molecule has 6 heteroatoms. The van der Waals surface area contributed by atoms with Gasteiger partial charge in [-0.3, -0.25) is 4.40 Å². The average Bonchev–Trinajstić information content (AvgIpc) is 2.88. The number of rotatable bonds is 2. The van der Waals surface area contributed by atoms with Crippen molar-refractivity contribution in [1.29, 1.82) is 0 Å². The van der Waals surface area contributed by atoms with E-state index in [-0.39, 0.29) is 0 Å². The molecule has 2 aromatic heterocycles. The lowest BCUT2D eigenvalue weighted by Gasteiger charge is -2.38. The van der Waals surface area contributed by atoms with Crippen molar-refractivity contribution in [3.05, 3.63) is 17.3 Å². The fourth-order valence-electron chi connectivity index (χ4n) is 2.70. The van der Waals surface area contributed by atoms with Crippen molar-refractivity contribution in [3.63, 3.8) is 0 Å². The zero-order chi connectivity index (χ0) is 12.7. The molecule has 1 aliphatic rings. The van der Waals surface area contributed by atoms with Crippen LogP contribution in [0.4, 0.5) is 5.82 Å². The fraction of sp³-hybridized carbons (Fsp3) is 0.583. The second kappa shape index (κ2) is 4.53. The van der Waals surface area contributed by atoms with Crippen molar-refractivity contribution in [3.8, 4) is 0 Å². The van der Waals surface area contributed by atoms with Crippen LogP contribution in [-0.4, -0.2) is 47.0 Å². The summed E-state index contributed by atoms with van der Waals surface area (Å²) in [5.74, 6) is 1.07. The van der Waals surface area contributed by atoms with Crippen molar-refractivity contribution >= 4 is 22.1 Å². The number of piperazine rings is 1. The lowest BCUT2D eigenvalue weighted by Crippen LogP contribution is -2.51. The molecule has 1 aliphatic heterocycles. The molecule has 18 heavy (non-hydrogen) atoms. The second-order valence-electron chi connectivity index (χ2n) is 4.95. The van der Waals surface area contributed by atoms with E-state index in [1.165, 1.54) is 0 Å². The molecule has 0 amide bonds. The smallest absolute Gasteiger partial charge is 0.195 e. The number of anilines is 1. The van der Waals surface area contributed by atoms with Crippen molar-refractivity contribution < 1.29 is 0 Å². The highest BCUT2D eigenvalue weighted by Crippen LogP contribution is 2.27. The van der Waals surface area contributed by atoms with Gasteiger partial charge in [-0.05, 0) is 14.0 Å². The number of aromatic nitrogens is 2. The lowest BCUT2D eigenvalue weighted by molar-refractivity contribution is 0.274. The van der Waals surface area contributed by atoms with Gasteiger partial charge < -0.3 is 15.5 Å². The molecule has 1 saturated heterocycles. The van der Waals surface area contributed by atoms with Gasteiger partial charge in [0.1, 0.15) is 0 Å². The number of fused-ring (bicyclic) bond motifs is 1. The molecular formula is C12H19N5S. The first-order chi connectivity index (χ1) is 8.70. The molecule has 0 saturated carbocycles. The van der Waals surface area contributed by atoms with Crippen molar-refractivity contribution in [2.24, 2.45) is 5.73 Å². The van der Waals surface area contributed by atoms with Crippen LogP contribution in [0, 0.1) is 0 Å². The van der Waals surface area contributed by atoms with Gasteiger partial charge in [0.15, 0.2) is 10.8 Å². The summed E-state index contributed by atoms with van der Waals surface area (Å²) in [6, 6.07) is 0.485. The van der Waals surface area contributed by atoms with Crippen LogP contribution < -0.4 is 10.6 Å². The summed E-state index contributed by atoms with van der Waals surface area (Å²) in [6.07, 6.45) is 2.05. The highest BCUT2D eigenvalue weighted by Gasteiger charge is 2.26. The number of nitrogens with zero attached hydrogens (tertiary/aromatic N) is 4. The van der Waals surface area contributed by atoms with Crippen LogP contribution in [0.3, 0.4) is 0 Å². The molecule has 0 aromatic carbocycles. The van der Waals surface area contributed by atoms with Crippen molar-refractivity contribution in [2.75, 3.05) is 31.6 Å². The predicted octanol–water partition coefficient (Wildman–Crippen LogP) is 0.995. The summed E-state index contributed by atoms with van der Waals surface area (Å²) in [5, 5.41) is 2.05. The SMILES string of the molecule is CC1CN(C)CCN1c1nc2sccn2c1CN. The summed E-state index contributed by atoms with van der Waals surface area (Å²) in [4.78, 5) is 10.5. The normalized spacial score (nSPS) is 21.9. The Bertz CT molecular complexity index is 546. The minimum atomic E-state index is 0.485.